The molecule has 1 atom stereocenters. The second kappa shape index (κ2) is 8.71. The Labute approximate surface area is 185 Å². The zero-order valence-electron chi connectivity index (χ0n) is 17.0. The van der Waals surface area contributed by atoms with Crippen molar-refractivity contribution in [1.82, 2.24) is 4.90 Å². The van der Waals surface area contributed by atoms with Crippen molar-refractivity contribution < 1.29 is 13.9 Å². The lowest BCUT2D eigenvalue weighted by molar-refractivity contribution is 0.0231. The maximum Gasteiger partial charge on any atom is 0.411 e. The van der Waals surface area contributed by atoms with E-state index >= 15 is 0 Å². The minimum atomic E-state index is -0.633. The van der Waals surface area contributed by atoms with Crippen LogP contribution in [0.2, 0.25) is 10.0 Å². The van der Waals surface area contributed by atoms with Gasteiger partial charge in [0.2, 0.25) is 0 Å². The van der Waals surface area contributed by atoms with E-state index in [1.165, 1.54) is 12.1 Å². The van der Waals surface area contributed by atoms with Crippen molar-refractivity contribution in [2.24, 2.45) is 0 Å². The number of hydrogen-bond donors (Lipinski definition) is 0. The summed E-state index contributed by atoms with van der Waals surface area (Å²) in [7, 11) is 0. The standard InChI is InChI=1S/C22H22Cl2FN3O2/c1-22(2,3)30-21(29)27-10-4-5-20(27)28(16-8-9-19(25)18(24)12-16)15-7-6-14(13-26)17(23)11-15/h6-9,11-12,20H,4-5,10H2,1-3H3/t20-/m1/s1. The van der Waals surface area contributed by atoms with Gasteiger partial charge in [-0.2, -0.15) is 5.26 Å². The second-order valence-electron chi connectivity index (χ2n) is 8.04. The first-order chi connectivity index (χ1) is 14.1. The number of ether oxygens (including phenoxy) is 1. The van der Waals surface area contributed by atoms with Crippen LogP contribution in [-0.4, -0.2) is 29.3 Å². The monoisotopic (exact) mass is 449 g/mol. The van der Waals surface area contributed by atoms with Crippen LogP contribution in [0.5, 0.6) is 0 Å². The highest BCUT2D eigenvalue weighted by molar-refractivity contribution is 6.32. The summed E-state index contributed by atoms with van der Waals surface area (Å²) in [5.41, 5.74) is 0.962. The first-order valence-corrected chi connectivity index (χ1v) is 10.3. The van der Waals surface area contributed by atoms with Gasteiger partial charge in [-0.25, -0.2) is 9.18 Å². The lowest BCUT2D eigenvalue weighted by atomic mass is 10.1. The summed E-state index contributed by atoms with van der Waals surface area (Å²) in [6, 6.07) is 11.4. The maximum atomic E-state index is 13.8. The van der Waals surface area contributed by atoms with Gasteiger partial charge in [-0.3, -0.25) is 4.90 Å². The number of amides is 1. The molecule has 1 aliphatic rings. The van der Waals surface area contributed by atoms with Gasteiger partial charge >= 0.3 is 6.09 Å². The third-order valence-electron chi connectivity index (χ3n) is 4.68. The molecule has 2 aromatic rings. The normalized spacial score (nSPS) is 16.3. The number of carbonyl (C=O) groups excluding carboxylic acids is 1. The Balaban J connectivity index is 2.07. The highest BCUT2D eigenvalue weighted by atomic mass is 35.5. The number of benzene rings is 2. The van der Waals surface area contributed by atoms with Crippen molar-refractivity contribution in [3.63, 3.8) is 0 Å². The Kier molecular flexibility index (Phi) is 6.44. The molecule has 0 aliphatic carbocycles. The molecule has 5 nitrogen and oxygen atoms in total. The number of nitriles is 1. The minimum absolute atomic E-state index is 0.0287. The van der Waals surface area contributed by atoms with Crippen molar-refractivity contribution in [2.75, 3.05) is 11.4 Å². The van der Waals surface area contributed by atoms with Gasteiger partial charge in [-0.1, -0.05) is 23.2 Å². The van der Waals surface area contributed by atoms with Crippen LogP contribution in [-0.2, 0) is 4.74 Å². The van der Waals surface area contributed by atoms with E-state index in [1.54, 1.807) is 29.2 Å². The molecule has 2 aromatic carbocycles. The molecular weight excluding hydrogens is 428 g/mol. The van der Waals surface area contributed by atoms with E-state index in [0.717, 1.165) is 6.42 Å². The number of likely N-dealkylation sites (tertiary alicyclic amines) is 1. The van der Waals surface area contributed by atoms with Crippen molar-refractivity contribution >= 4 is 40.7 Å². The van der Waals surface area contributed by atoms with Crippen LogP contribution in [0.3, 0.4) is 0 Å². The van der Waals surface area contributed by atoms with Gasteiger partial charge in [0.05, 0.1) is 15.6 Å². The molecule has 0 saturated carbocycles. The highest BCUT2D eigenvalue weighted by Gasteiger charge is 2.37. The molecule has 158 valence electrons. The zero-order valence-corrected chi connectivity index (χ0v) is 18.5. The summed E-state index contributed by atoms with van der Waals surface area (Å²) in [6.07, 6.45) is 0.638. The van der Waals surface area contributed by atoms with E-state index < -0.39 is 17.5 Å². The molecule has 30 heavy (non-hydrogen) atoms. The van der Waals surface area contributed by atoms with Gasteiger partial charge in [0.15, 0.2) is 0 Å². The smallest absolute Gasteiger partial charge is 0.411 e. The average Bonchev–Trinajstić information content (AvgIpc) is 3.13. The predicted molar refractivity (Wildman–Crippen MR) is 116 cm³/mol. The van der Waals surface area contributed by atoms with Crippen LogP contribution in [0.15, 0.2) is 36.4 Å². The Bertz CT molecular complexity index is 1000. The molecule has 0 radical (unpaired) electrons. The van der Waals surface area contributed by atoms with Crippen molar-refractivity contribution in [3.8, 4) is 6.07 Å². The molecule has 1 saturated heterocycles. The van der Waals surface area contributed by atoms with Crippen LogP contribution < -0.4 is 4.90 Å². The molecule has 8 heteroatoms. The quantitative estimate of drug-likeness (QED) is 0.536. The van der Waals surface area contributed by atoms with Crippen molar-refractivity contribution in [3.05, 3.63) is 57.8 Å². The fraction of sp³-hybridized carbons (Fsp3) is 0.364. The fourth-order valence-corrected chi connectivity index (χ4v) is 3.82. The minimum Gasteiger partial charge on any atom is -0.444 e. The Morgan fingerprint density at radius 1 is 1.20 bits per heavy atom. The third-order valence-corrected chi connectivity index (χ3v) is 5.28. The SMILES string of the molecule is CC(C)(C)OC(=O)N1CCC[C@H]1N(c1ccc(F)c(Cl)c1)c1ccc(C#N)c(Cl)c1. The van der Waals surface area contributed by atoms with Crippen LogP contribution in [0.1, 0.15) is 39.2 Å². The second-order valence-corrected chi connectivity index (χ2v) is 8.86. The summed E-state index contributed by atoms with van der Waals surface area (Å²) in [5, 5.41) is 9.45. The first kappa shape index (κ1) is 22.2. The highest BCUT2D eigenvalue weighted by Crippen LogP contribution is 2.37. The first-order valence-electron chi connectivity index (χ1n) is 9.54. The van der Waals surface area contributed by atoms with Crippen LogP contribution >= 0.6 is 23.2 Å². The molecule has 1 amide bonds. The summed E-state index contributed by atoms with van der Waals surface area (Å²) < 4.78 is 19.4. The maximum absolute atomic E-state index is 13.8. The van der Waals surface area contributed by atoms with E-state index in [4.69, 9.17) is 27.9 Å². The molecule has 0 aromatic heterocycles. The average molecular weight is 450 g/mol. The van der Waals surface area contributed by atoms with Gasteiger partial charge in [0.1, 0.15) is 23.7 Å². The predicted octanol–water partition coefficient (Wildman–Crippen LogP) is 6.50. The van der Waals surface area contributed by atoms with Crippen LogP contribution in [0.25, 0.3) is 0 Å². The zero-order chi connectivity index (χ0) is 22.1. The molecule has 0 bridgehead atoms. The number of rotatable bonds is 3. The molecule has 0 unspecified atom stereocenters. The van der Waals surface area contributed by atoms with Crippen molar-refractivity contribution in [2.45, 2.75) is 45.4 Å². The molecule has 1 heterocycles. The van der Waals surface area contributed by atoms with Gasteiger partial charge in [0, 0.05) is 17.9 Å². The number of anilines is 2. The Morgan fingerprint density at radius 3 is 2.40 bits per heavy atom. The summed E-state index contributed by atoms with van der Waals surface area (Å²) in [4.78, 5) is 16.4. The summed E-state index contributed by atoms with van der Waals surface area (Å²) in [5.74, 6) is -0.534. The van der Waals surface area contributed by atoms with E-state index in [0.29, 0.717) is 29.9 Å². The van der Waals surface area contributed by atoms with Gasteiger partial charge < -0.3 is 9.64 Å². The summed E-state index contributed by atoms with van der Waals surface area (Å²) >= 11 is 12.3. The lowest BCUT2D eigenvalue weighted by Crippen LogP contribution is -2.47. The lowest BCUT2D eigenvalue weighted by Gasteiger charge is -2.37. The number of hydrogen-bond acceptors (Lipinski definition) is 4. The number of halogens is 3. The van der Waals surface area contributed by atoms with E-state index in [1.807, 2.05) is 31.7 Å². The van der Waals surface area contributed by atoms with E-state index in [-0.39, 0.29) is 16.2 Å². The fourth-order valence-electron chi connectivity index (χ4n) is 3.42. The van der Waals surface area contributed by atoms with Crippen LogP contribution in [0, 0.1) is 17.1 Å². The molecular formula is C22H22Cl2FN3O2. The summed E-state index contributed by atoms with van der Waals surface area (Å²) in [6.45, 7) is 5.96. The van der Waals surface area contributed by atoms with Crippen molar-refractivity contribution in [1.29, 1.82) is 5.26 Å². The molecule has 0 spiro atoms. The third kappa shape index (κ3) is 4.80. The largest absolute Gasteiger partial charge is 0.444 e. The molecule has 1 aliphatic heterocycles. The van der Waals surface area contributed by atoms with Gasteiger partial charge in [0.25, 0.3) is 0 Å². The molecule has 3 rings (SSSR count). The van der Waals surface area contributed by atoms with Crippen LogP contribution in [0.4, 0.5) is 20.6 Å². The topological polar surface area (TPSA) is 56.6 Å². The molecule has 1 fully saturated rings. The Hall–Kier alpha value is -2.49. The molecule has 0 N–H and O–H groups in total. The van der Waals surface area contributed by atoms with Gasteiger partial charge in [-0.05, 0) is 70.0 Å². The number of nitrogens with zero attached hydrogens (tertiary/aromatic N) is 3. The van der Waals surface area contributed by atoms with E-state index in [9.17, 15) is 14.4 Å². The number of carbonyl (C=O) groups is 1. The van der Waals surface area contributed by atoms with E-state index in [2.05, 4.69) is 0 Å². The Morgan fingerprint density at radius 2 is 1.83 bits per heavy atom. The van der Waals surface area contributed by atoms with Gasteiger partial charge in [-0.15, -0.1) is 0 Å².